The van der Waals surface area contributed by atoms with Gasteiger partial charge >= 0.3 is 5.97 Å². The molecule has 6 nitrogen and oxygen atoms in total. The van der Waals surface area contributed by atoms with Crippen molar-refractivity contribution in [1.82, 2.24) is 14.9 Å². The second kappa shape index (κ2) is 12.2. The third-order valence-electron chi connectivity index (χ3n) is 5.37. The Bertz CT molecular complexity index is 1160. The van der Waals surface area contributed by atoms with E-state index in [2.05, 4.69) is 10.3 Å². The van der Waals surface area contributed by atoms with Crippen LogP contribution in [-0.4, -0.2) is 46.6 Å². The summed E-state index contributed by atoms with van der Waals surface area (Å²) < 4.78 is 20.3. The average molecular weight is 482 g/mol. The highest BCUT2D eigenvalue weighted by Gasteiger charge is 2.21. The van der Waals surface area contributed by atoms with E-state index in [1.807, 2.05) is 29.9 Å². The molecule has 0 saturated carbocycles. The molecule has 1 heterocycles. The lowest BCUT2D eigenvalue weighted by atomic mass is 10.0. The number of benzene rings is 2. The van der Waals surface area contributed by atoms with E-state index in [4.69, 9.17) is 4.74 Å². The number of rotatable bonds is 10. The molecule has 2 aromatic carbocycles. The molecule has 1 amide bonds. The molecule has 3 aromatic rings. The zero-order valence-corrected chi connectivity index (χ0v) is 20.3. The lowest BCUT2D eigenvalue weighted by molar-refractivity contribution is -0.142. The van der Waals surface area contributed by atoms with Crippen LogP contribution in [0.1, 0.15) is 33.6 Å². The Balaban J connectivity index is 1.89. The van der Waals surface area contributed by atoms with E-state index in [1.54, 1.807) is 54.6 Å². The Morgan fingerprint density at radius 3 is 2.62 bits per heavy atom. The lowest BCUT2D eigenvalue weighted by Gasteiger charge is -2.16. The molecular weight excluding hydrogens is 453 g/mol. The maximum Gasteiger partial charge on any atom is 0.328 e. The second-order valence-corrected chi connectivity index (χ2v) is 8.78. The predicted molar refractivity (Wildman–Crippen MR) is 134 cm³/mol. The van der Waals surface area contributed by atoms with Gasteiger partial charge in [-0.15, -0.1) is 0 Å². The van der Waals surface area contributed by atoms with Crippen LogP contribution in [-0.2, 0) is 16.1 Å². The van der Waals surface area contributed by atoms with Gasteiger partial charge in [0, 0.05) is 24.0 Å². The van der Waals surface area contributed by atoms with Crippen LogP contribution in [0.3, 0.4) is 0 Å². The second-order valence-electron chi connectivity index (χ2n) is 7.80. The van der Waals surface area contributed by atoms with Crippen LogP contribution < -0.4 is 5.32 Å². The number of hydrogen-bond donors (Lipinski definition) is 1. The summed E-state index contributed by atoms with van der Waals surface area (Å²) in [6.07, 6.45) is 7.92. The molecule has 1 N–H and O–H groups in total. The predicted octanol–water partition coefficient (Wildman–Crippen LogP) is 4.60. The van der Waals surface area contributed by atoms with Gasteiger partial charge in [0.05, 0.1) is 13.4 Å². The highest BCUT2D eigenvalue weighted by atomic mass is 32.2. The van der Waals surface area contributed by atoms with Crippen molar-refractivity contribution in [2.45, 2.75) is 25.9 Å². The zero-order valence-electron chi connectivity index (χ0n) is 19.5. The maximum absolute atomic E-state index is 13.5. The van der Waals surface area contributed by atoms with Crippen LogP contribution in [0.2, 0.25) is 0 Å². The molecule has 0 fully saturated rings. The van der Waals surface area contributed by atoms with Crippen molar-refractivity contribution in [1.29, 1.82) is 0 Å². The highest BCUT2D eigenvalue weighted by molar-refractivity contribution is 7.98. The number of aromatic nitrogens is 2. The van der Waals surface area contributed by atoms with E-state index < -0.39 is 12.0 Å². The number of nitrogens with zero attached hydrogens (tertiary/aromatic N) is 2. The van der Waals surface area contributed by atoms with Crippen molar-refractivity contribution in [2.75, 3.05) is 19.1 Å². The Morgan fingerprint density at radius 2 is 1.97 bits per heavy atom. The first kappa shape index (κ1) is 25.2. The third-order valence-corrected chi connectivity index (χ3v) is 6.01. The van der Waals surface area contributed by atoms with E-state index in [-0.39, 0.29) is 11.7 Å². The lowest BCUT2D eigenvalue weighted by Crippen LogP contribution is -2.41. The van der Waals surface area contributed by atoms with Gasteiger partial charge in [-0.2, -0.15) is 11.8 Å². The van der Waals surface area contributed by atoms with E-state index >= 15 is 0 Å². The van der Waals surface area contributed by atoms with E-state index in [0.717, 1.165) is 28.1 Å². The number of methoxy groups -OCH3 is 1. The molecule has 0 bridgehead atoms. The minimum absolute atomic E-state index is 0.304. The van der Waals surface area contributed by atoms with Gasteiger partial charge in [-0.1, -0.05) is 24.3 Å². The van der Waals surface area contributed by atoms with Crippen molar-refractivity contribution in [2.24, 2.45) is 0 Å². The van der Waals surface area contributed by atoms with Crippen LogP contribution in [0.4, 0.5) is 4.39 Å². The van der Waals surface area contributed by atoms with Crippen molar-refractivity contribution < 1.29 is 18.7 Å². The van der Waals surface area contributed by atoms with Crippen LogP contribution in [0.5, 0.6) is 0 Å². The van der Waals surface area contributed by atoms with Gasteiger partial charge in [-0.05, 0) is 72.4 Å². The van der Waals surface area contributed by atoms with Gasteiger partial charge in [0.2, 0.25) is 0 Å². The van der Waals surface area contributed by atoms with Crippen LogP contribution in [0, 0.1) is 12.7 Å². The SMILES string of the molecule is COC(=O)[C@H](CCSC)NC(=O)c1cccc(/C=C(/Cn2cncc2C)c2ccc(F)cc2)c1. The summed E-state index contributed by atoms with van der Waals surface area (Å²) in [5.41, 5.74) is 4.05. The number of carbonyl (C=O) groups is 2. The molecule has 0 saturated heterocycles. The topological polar surface area (TPSA) is 73.2 Å². The van der Waals surface area contributed by atoms with Crippen LogP contribution in [0.15, 0.2) is 61.1 Å². The summed E-state index contributed by atoms with van der Waals surface area (Å²) in [5, 5.41) is 2.78. The van der Waals surface area contributed by atoms with Crippen molar-refractivity contribution in [3.8, 4) is 0 Å². The molecule has 34 heavy (non-hydrogen) atoms. The molecule has 178 valence electrons. The first-order chi connectivity index (χ1) is 16.4. The summed E-state index contributed by atoms with van der Waals surface area (Å²) in [6, 6.07) is 12.8. The monoisotopic (exact) mass is 481 g/mol. The number of esters is 1. The number of halogens is 1. The molecule has 1 atom stereocenters. The number of amides is 1. The van der Waals surface area contributed by atoms with Crippen molar-refractivity contribution >= 4 is 35.3 Å². The smallest absolute Gasteiger partial charge is 0.328 e. The summed E-state index contributed by atoms with van der Waals surface area (Å²) in [5.74, 6) is -0.396. The largest absolute Gasteiger partial charge is 0.467 e. The zero-order chi connectivity index (χ0) is 24.5. The third kappa shape index (κ3) is 6.81. The maximum atomic E-state index is 13.5. The van der Waals surface area contributed by atoms with Gasteiger partial charge in [0.15, 0.2) is 0 Å². The molecule has 0 unspecified atom stereocenters. The Hall–Kier alpha value is -3.39. The minimum Gasteiger partial charge on any atom is -0.467 e. The molecule has 0 aliphatic heterocycles. The van der Waals surface area contributed by atoms with Crippen LogP contribution >= 0.6 is 11.8 Å². The fourth-order valence-electron chi connectivity index (χ4n) is 3.46. The van der Waals surface area contributed by atoms with Crippen molar-refractivity contribution in [3.63, 3.8) is 0 Å². The molecule has 0 radical (unpaired) electrons. The summed E-state index contributed by atoms with van der Waals surface area (Å²) in [7, 11) is 1.31. The molecule has 8 heteroatoms. The van der Waals surface area contributed by atoms with Crippen molar-refractivity contribution in [3.05, 3.63) is 89.3 Å². The van der Waals surface area contributed by atoms with E-state index in [1.165, 1.54) is 19.2 Å². The molecule has 3 rings (SSSR count). The average Bonchev–Trinajstić information content (AvgIpc) is 3.25. The number of allylic oxidation sites excluding steroid dienone is 1. The minimum atomic E-state index is -0.705. The molecule has 0 aliphatic rings. The summed E-state index contributed by atoms with van der Waals surface area (Å²) in [4.78, 5) is 29.1. The van der Waals surface area contributed by atoms with Gasteiger partial charge < -0.3 is 14.6 Å². The Kier molecular flexibility index (Phi) is 9.04. The quantitative estimate of drug-likeness (QED) is 0.339. The van der Waals surface area contributed by atoms with Gasteiger partial charge in [-0.25, -0.2) is 14.2 Å². The fourth-order valence-corrected chi connectivity index (χ4v) is 3.93. The first-order valence-electron chi connectivity index (χ1n) is 10.8. The molecule has 0 spiro atoms. The molecule has 1 aromatic heterocycles. The fraction of sp³-hybridized carbons (Fsp3) is 0.269. The summed E-state index contributed by atoms with van der Waals surface area (Å²) >= 11 is 1.59. The van der Waals surface area contributed by atoms with E-state index in [0.29, 0.717) is 18.5 Å². The number of ether oxygens (including phenoxy) is 1. The number of thioether (sulfide) groups is 1. The number of aryl methyl sites for hydroxylation is 1. The molecular formula is C26H28FN3O3S. The van der Waals surface area contributed by atoms with Gasteiger partial charge in [-0.3, -0.25) is 4.79 Å². The number of nitrogens with one attached hydrogen (secondary N) is 1. The Labute approximate surface area is 203 Å². The van der Waals surface area contributed by atoms with Gasteiger partial charge in [0.25, 0.3) is 5.91 Å². The number of imidazole rings is 1. The summed E-state index contributed by atoms with van der Waals surface area (Å²) in [6.45, 7) is 2.50. The normalized spacial score (nSPS) is 12.3. The first-order valence-corrected chi connectivity index (χ1v) is 12.2. The van der Waals surface area contributed by atoms with E-state index in [9.17, 15) is 14.0 Å². The van der Waals surface area contributed by atoms with Crippen LogP contribution in [0.25, 0.3) is 11.6 Å². The number of hydrogen-bond acceptors (Lipinski definition) is 5. The molecule has 0 aliphatic carbocycles. The Morgan fingerprint density at radius 1 is 1.21 bits per heavy atom. The number of carbonyl (C=O) groups excluding carboxylic acids is 2. The standard InChI is InChI=1S/C26H28FN3O3S/c1-18-15-28-17-30(18)16-22(20-7-9-23(27)10-8-20)14-19-5-4-6-21(13-19)25(31)29-24(11-12-34-3)26(32)33-2/h4-10,13-15,17,24H,11-12,16H2,1-3H3,(H,29,31)/b22-14-/t24-/m0/s1. The highest BCUT2D eigenvalue weighted by Crippen LogP contribution is 2.22. The van der Waals surface area contributed by atoms with Gasteiger partial charge in [0.1, 0.15) is 11.9 Å².